The van der Waals surface area contributed by atoms with Crippen LogP contribution in [0, 0.1) is 30.4 Å². The SMILES string of the molecule is Cc1nnc(-c2c(CCC3CCOCC3)nc3c(c2-c2cc4ccnc(Cc5ccc(F)c(F)c5)c4s2)SCC3C(C)C)o1. The monoisotopic (exact) mass is 632 g/mol. The molecule has 6 heterocycles. The Morgan fingerprint density at radius 1 is 1.00 bits per heavy atom. The highest BCUT2D eigenvalue weighted by Gasteiger charge is 2.35. The highest BCUT2D eigenvalue weighted by molar-refractivity contribution is 7.99. The van der Waals surface area contributed by atoms with Crippen LogP contribution in [-0.2, 0) is 17.6 Å². The molecule has 2 aliphatic rings. The maximum absolute atomic E-state index is 14.0. The van der Waals surface area contributed by atoms with Crippen molar-refractivity contribution in [2.24, 2.45) is 11.8 Å². The average Bonchev–Trinajstić information content (AvgIpc) is 3.76. The lowest BCUT2D eigenvalue weighted by Crippen LogP contribution is -2.17. The normalized spacial score (nSPS) is 17.2. The summed E-state index contributed by atoms with van der Waals surface area (Å²) < 4.78 is 40.4. The molecule has 1 atom stereocenters. The van der Waals surface area contributed by atoms with Crippen molar-refractivity contribution in [2.75, 3.05) is 19.0 Å². The topological polar surface area (TPSA) is 73.9 Å². The lowest BCUT2D eigenvalue weighted by atomic mass is 9.89. The minimum Gasteiger partial charge on any atom is -0.421 e. The summed E-state index contributed by atoms with van der Waals surface area (Å²) in [6, 6.07) is 8.27. The first-order valence-electron chi connectivity index (χ1n) is 15.2. The summed E-state index contributed by atoms with van der Waals surface area (Å²) in [4.78, 5) is 12.4. The molecule has 0 saturated carbocycles. The van der Waals surface area contributed by atoms with E-state index < -0.39 is 11.6 Å². The highest BCUT2D eigenvalue weighted by Crippen LogP contribution is 2.53. The van der Waals surface area contributed by atoms with Gasteiger partial charge in [0.15, 0.2) is 11.6 Å². The molecule has 1 fully saturated rings. The van der Waals surface area contributed by atoms with Crippen molar-refractivity contribution in [2.45, 2.75) is 63.7 Å². The van der Waals surface area contributed by atoms with Gasteiger partial charge in [0.2, 0.25) is 11.8 Å². The van der Waals surface area contributed by atoms with Crippen LogP contribution in [0.1, 0.15) is 67.6 Å². The number of hydrogen-bond acceptors (Lipinski definition) is 8. The quantitative estimate of drug-likeness (QED) is 0.169. The number of thiophene rings is 1. The lowest BCUT2D eigenvalue weighted by molar-refractivity contribution is 0.0639. The number of rotatable bonds is 8. The molecule has 1 aromatic carbocycles. The molecule has 0 N–H and O–H groups in total. The molecule has 0 radical (unpaired) electrons. The number of fused-ring (bicyclic) bond motifs is 2. The van der Waals surface area contributed by atoms with Crippen LogP contribution in [0.4, 0.5) is 8.78 Å². The van der Waals surface area contributed by atoms with Gasteiger partial charge in [-0.25, -0.2) is 8.78 Å². The van der Waals surface area contributed by atoms with Crippen LogP contribution in [-0.4, -0.2) is 39.1 Å². The highest BCUT2D eigenvalue weighted by atomic mass is 32.2. The van der Waals surface area contributed by atoms with Crippen LogP contribution in [0.3, 0.4) is 0 Å². The fourth-order valence-corrected chi connectivity index (χ4v) is 9.18. The number of pyridine rings is 2. The van der Waals surface area contributed by atoms with E-state index in [1.807, 2.05) is 24.8 Å². The standard InChI is InChI=1S/C34H34F2N4O2S2/c1-18(2)23-17-43-33-30(28-16-22-8-11-37-27(32(22)44-28)15-21-4-6-24(35)25(36)14-21)29(34-40-39-19(3)42-34)26(38-31(23)33)7-5-20-9-12-41-13-10-20/h4,6,8,11,14,16,18,20,23H,5,7,9-10,12-13,15,17H2,1-3H3. The van der Waals surface area contributed by atoms with Gasteiger partial charge in [0.05, 0.1) is 27.3 Å². The Kier molecular flexibility index (Phi) is 8.24. The first-order valence-corrected chi connectivity index (χ1v) is 17.1. The first-order chi connectivity index (χ1) is 21.4. The summed E-state index contributed by atoms with van der Waals surface area (Å²) in [6.45, 7) is 8.00. The van der Waals surface area contributed by atoms with Gasteiger partial charge in [0, 0.05) is 59.8 Å². The van der Waals surface area contributed by atoms with Crippen LogP contribution in [0.5, 0.6) is 0 Å². The summed E-state index contributed by atoms with van der Waals surface area (Å²) in [5, 5.41) is 9.79. The fourth-order valence-electron chi connectivity index (χ4n) is 6.33. The Bertz CT molecular complexity index is 1830. The average molecular weight is 633 g/mol. The summed E-state index contributed by atoms with van der Waals surface area (Å²) in [5.41, 5.74) is 5.72. The van der Waals surface area contributed by atoms with Gasteiger partial charge in [0.1, 0.15) is 0 Å². The van der Waals surface area contributed by atoms with E-state index in [2.05, 4.69) is 35.1 Å². The second-order valence-electron chi connectivity index (χ2n) is 12.1. The maximum Gasteiger partial charge on any atom is 0.250 e. The predicted octanol–water partition coefficient (Wildman–Crippen LogP) is 8.79. The molecule has 1 unspecified atom stereocenters. The van der Waals surface area contributed by atoms with Crippen molar-refractivity contribution in [3.8, 4) is 21.9 Å². The van der Waals surface area contributed by atoms with Crippen molar-refractivity contribution in [1.82, 2.24) is 20.2 Å². The molecule has 7 rings (SSSR count). The zero-order valence-corrected chi connectivity index (χ0v) is 26.7. The molecule has 2 aliphatic heterocycles. The number of halogens is 2. The second-order valence-corrected chi connectivity index (χ2v) is 14.2. The third kappa shape index (κ3) is 5.68. The summed E-state index contributed by atoms with van der Waals surface area (Å²) in [6.07, 6.45) is 6.19. The van der Waals surface area contributed by atoms with Gasteiger partial charge in [-0.2, -0.15) is 0 Å². The smallest absolute Gasteiger partial charge is 0.250 e. The first kappa shape index (κ1) is 29.5. The van der Waals surface area contributed by atoms with Crippen molar-refractivity contribution in [3.63, 3.8) is 0 Å². The molecule has 0 amide bonds. The lowest BCUT2D eigenvalue weighted by Gasteiger charge is -2.23. The Morgan fingerprint density at radius 3 is 2.59 bits per heavy atom. The van der Waals surface area contributed by atoms with E-state index in [9.17, 15) is 8.78 Å². The van der Waals surface area contributed by atoms with Crippen LogP contribution in [0.15, 0.2) is 45.8 Å². The van der Waals surface area contributed by atoms with Gasteiger partial charge < -0.3 is 9.15 Å². The number of ether oxygens (including phenoxy) is 1. The molecule has 4 aromatic heterocycles. The van der Waals surface area contributed by atoms with Gasteiger partial charge in [-0.15, -0.1) is 33.3 Å². The largest absolute Gasteiger partial charge is 0.421 e. The molecule has 1 saturated heterocycles. The van der Waals surface area contributed by atoms with E-state index >= 15 is 0 Å². The molecule has 0 bridgehead atoms. The molecule has 5 aromatic rings. The molecular weight excluding hydrogens is 599 g/mol. The number of aryl methyl sites for hydroxylation is 2. The molecule has 10 heteroatoms. The van der Waals surface area contributed by atoms with Gasteiger partial charge in [-0.05, 0) is 72.7 Å². The van der Waals surface area contributed by atoms with E-state index in [1.165, 1.54) is 22.7 Å². The maximum atomic E-state index is 14.0. The minimum absolute atomic E-state index is 0.356. The zero-order chi connectivity index (χ0) is 30.4. The summed E-state index contributed by atoms with van der Waals surface area (Å²) in [5.74, 6) is 1.71. The fraction of sp³-hybridized carbons (Fsp3) is 0.412. The third-order valence-electron chi connectivity index (χ3n) is 8.80. The Labute approximate surface area is 263 Å². The molecule has 0 aliphatic carbocycles. The van der Waals surface area contributed by atoms with E-state index in [4.69, 9.17) is 14.1 Å². The van der Waals surface area contributed by atoms with E-state index in [1.54, 1.807) is 23.6 Å². The van der Waals surface area contributed by atoms with Crippen LogP contribution in [0.25, 0.3) is 32.0 Å². The van der Waals surface area contributed by atoms with E-state index in [0.29, 0.717) is 41.5 Å². The predicted molar refractivity (Wildman–Crippen MR) is 170 cm³/mol. The van der Waals surface area contributed by atoms with Gasteiger partial charge in [-0.1, -0.05) is 19.9 Å². The van der Waals surface area contributed by atoms with E-state index in [-0.39, 0.29) is 0 Å². The molecular formula is C34H34F2N4O2S2. The molecule has 228 valence electrons. The summed E-state index contributed by atoms with van der Waals surface area (Å²) >= 11 is 3.53. The van der Waals surface area contributed by atoms with E-state index in [0.717, 1.165) is 82.1 Å². The van der Waals surface area contributed by atoms with Gasteiger partial charge >= 0.3 is 0 Å². The number of nitrogens with zero attached hydrogens (tertiary/aromatic N) is 4. The van der Waals surface area contributed by atoms with Crippen LogP contribution < -0.4 is 0 Å². The van der Waals surface area contributed by atoms with Crippen LogP contribution in [0.2, 0.25) is 0 Å². The Hall–Kier alpha value is -3.21. The number of hydrogen-bond donors (Lipinski definition) is 0. The van der Waals surface area contributed by atoms with Crippen molar-refractivity contribution >= 4 is 33.2 Å². The second kappa shape index (κ2) is 12.3. The summed E-state index contributed by atoms with van der Waals surface area (Å²) in [7, 11) is 0. The molecule has 0 spiro atoms. The Balaban J connectivity index is 1.39. The number of benzene rings is 1. The van der Waals surface area contributed by atoms with Gasteiger partial charge in [0.25, 0.3) is 0 Å². The minimum atomic E-state index is -0.849. The van der Waals surface area contributed by atoms with Crippen molar-refractivity contribution in [3.05, 3.63) is 76.7 Å². The zero-order valence-electron chi connectivity index (χ0n) is 25.0. The van der Waals surface area contributed by atoms with Gasteiger partial charge in [-0.3, -0.25) is 9.97 Å². The van der Waals surface area contributed by atoms with Crippen molar-refractivity contribution < 1.29 is 17.9 Å². The number of thioether (sulfide) groups is 1. The third-order valence-corrected chi connectivity index (χ3v) is 11.2. The molecule has 44 heavy (non-hydrogen) atoms. The number of aromatic nitrogens is 4. The van der Waals surface area contributed by atoms with Crippen LogP contribution >= 0.6 is 23.1 Å². The Morgan fingerprint density at radius 2 is 1.84 bits per heavy atom. The molecule has 6 nitrogen and oxygen atoms in total. The van der Waals surface area contributed by atoms with Crippen molar-refractivity contribution in [1.29, 1.82) is 0 Å².